The van der Waals surface area contributed by atoms with Gasteiger partial charge in [-0.3, -0.25) is 9.79 Å². The van der Waals surface area contributed by atoms with Crippen molar-refractivity contribution < 1.29 is 9.90 Å². The first-order valence-electron chi connectivity index (χ1n) is 6.96. The van der Waals surface area contributed by atoms with E-state index in [0.29, 0.717) is 12.0 Å². The molecule has 106 valence electrons. The molecule has 0 aromatic heterocycles. The Bertz CT molecular complexity index is 677. The predicted molar refractivity (Wildman–Crippen MR) is 83.4 cm³/mol. The van der Waals surface area contributed by atoms with Gasteiger partial charge < -0.3 is 10.0 Å². The third kappa shape index (κ3) is 2.94. The molecule has 1 aliphatic rings. The average molecular weight is 280 g/mol. The zero-order chi connectivity index (χ0) is 14.7. The van der Waals surface area contributed by atoms with E-state index < -0.39 is 0 Å². The molecule has 0 radical (unpaired) electrons. The molecule has 0 atom stereocenters. The molecule has 3 rings (SSSR count). The second kappa shape index (κ2) is 5.79. The number of carbonyl (C=O) groups is 1. The number of para-hydroxylation sites is 1. The van der Waals surface area contributed by atoms with E-state index in [-0.39, 0.29) is 11.7 Å². The Hall–Kier alpha value is -2.62. The van der Waals surface area contributed by atoms with Gasteiger partial charge in [-0.05, 0) is 42.8 Å². The van der Waals surface area contributed by atoms with Crippen LogP contribution in [0.1, 0.15) is 18.4 Å². The van der Waals surface area contributed by atoms with E-state index in [0.717, 1.165) is 24.3 Å². The van der Waals surface area contributed by atoms with E-state index in [2.05, 4.69) is 4.99 Å². The lowest BCUT2D eigenvalue weighted by molar-refractivity contribution is -0.117. The number of rotatable bonds is 3. The molecule has 0 unspecified atom stereocenters. The van der Waals surface area contributed by atoms with Crippen molar-refractivity contribution in [3.8, 4) is 5.75 Å². The van der Waals surface area contributed by atoms with Crippen LogP contribution >= 0.6 is 0 Å². The number of aliphatic imine (C=N–C) groups is 1. The number of nitrogens with zero attached hydrogens (tertiary/aromatic N) is 2. The Morgan fingerprint density at radius 2 is 1.86 bits per heavy atom. The van der Waals surface area contributed by atoms with Crippen LogP contribution in [0.25, 0.3) is 0 Å². The van der Waals surface area contributed by atoms with Crippen LogP contribution in [-0.4, -0.2) is 23.8 Å². The van der Waals surface area contributed by atoms with Gasteiger partial charge in [0, 0.05) is 30.4 Å². The van der Waals surface area contributed by atoms with E-state index in [4.69, 9.17) is 0 Å². The van der Waals surface area contributed by atoms with Crippen LogP contribution in [-0.2, 0) is 4.79 Å². The SMILES string of the molecule is O=C1CCCN1c1ccc(N=Cc2ccccc2O)cc1. The number of benzene rings is 2. The Balaban J connectivity index is 1.76. The van der Waals surface area contributed by atoms with Crippen molar-refractivity contribution in [1.29, 1.82) is 0 Å². The van der Waals surface area contributed by atoms with Gasteiger partial charge in [0.05, 0.1) is 5.69 Å². The van der Waals surface area contributed by atoms with E-state index >= 15 is 0 Å². The van der Waals surface area contributed by atoms with Gasteiger partial charge in [-0.2, -0.15) is 0 Å². The molecule has 0 aliphatic carbocycles. The summed E-state index contributed by atoms with van der Waals surface area (Å²) in [5, 5.41) is 9.67. The van der Waals surface area contributed by atoms with Crippen molar-refractivity contribution >= 4 is 23.5 Å². The zero-order valence-corrected chi connectivity index (χ0v) is 11.6. The van der Waals surface area contributed by atoms with Gasteiger partial charge in [0.15, 0.2) is 0 Å². The van der Waals surface area contributed by atoms with Crippen molar-refractivity contribution in [2.45, 2.75) is 12.8 Å². The van der Waals surface area contributed by atoms with Gasteiger partial charge in [-0.15, -0.1) is 0 Å². The smallest absolute Gasteiger partial charge is 0.227 e. The topological polar surface area (TPSA) is 52.9 Å². The lowest BCUT2D eigenvalue weighted by Gasteiger charge is -2.15. The lowest BCUT2D eigenvalue weighted by Crippen LogP contribution is -2.23. The van der Waals surface area contributed by atoms with Crippen LogP contribution in [0.5, 0.6) is 5.75 Å². The molecule has 1 amide bonds. The van der Waals surface area contributed by atoms with Crippen molar-refractivity contribution in [2.75, 3.05) is 11.4 Å². The summed E-state index contributed by atoms with van der Waals surface area (Å²) in [6.07, 6.45) is 3.19. The molecule has 1 saturated heterocycles. The van der Waals surface area contributed by atoms with Crippen molar-refractivity contribution in [3.05, 3.63) is 54.1 Å². The van der Waals surface area contributed by atoms with Crippen molar-refractivity contribution in [1.82, 2.24) is 0 Å². The predicted octanol–water partition coefficient (Wildman–Crippen LogP) is 3.27. The molecule has 2 aromatic rings. The first-order chi connectivity index (χ1) is 10.2. The Kier molecular flexibility index (Phi) is 3.69. The number of hydrogen-bond acceptors (Lipinski definition) is 3. The van der Waals surface area contributed by atoms with Gasteiger partial charge in [0.25, 0.3) is 0 Å². The maximum absolute atomic E-state index is 11.7. The molecule has 1 N–H and O–H groups in total. The number of amides is 1. The molecule has 1 fully saturated rings. The highest BCUT2D eigenvalue weighted by Crippen LogP contribution is 2.24. The van der Waals surface area contributed by atoms with Crippen LogP contribution in [0.4, 0.5) is 11.4 Å². The summed E-state index contributed by atoms with van der Waals surface area (Å²) in [5.41, 5.74) is 2.38. The van der Waals surface area contributed by atoms with Crippen LogP contribution in [0.2, 0.25) is 0 Å². The highest BCUT2D eigenvalue weighted by atomic mass is 16.3. The fourth-order valence-corrected chi connectivity index (χ4v) is 2.38. The average Bonchev–Trinajstić information content (AvgIpc) is 2.93. The Morgan fingerprint density at radius 3 is 2.52 bits per heavy atom. The summed E-state index contributed by atoms with van der Waals surface area (Å²) in [5.74, 6) is 0.390. The summed E-state index contributed by atoms with van der Waals surface area (Å²) in [7, 11) is 0. The fraction of sp³-hybridized carbons (Fsp3) is 0.176. The van der Waals surface area contributed by atoms with Gasteiger partial charge in [0.2, 0.25) is 5.91 Å². The third-order valence-corrected chi connectivity index (χ3v) is 3.52. The summed E-state index contributed by atoms with van der Waals surface area (Å²) >= 11 is 0. The van der Waals surface area contributed by atoms with Crippen LogP contribution < -0.4 is 4.90 Å². The van der Waals surface area contributed by atoms with Crippen LogP contribution in [0.3, 0.4) is 0 Å². The molecular weight excluding hydrogens is 264 g/mol. The summed E-state index contributed by atoms with van der Waals surface area (Å²) < 4.78 is 0. The van der Waals surface area contributed by atoms with Gasteiger partial charge >= 0.3 is 0 Å². The third-order valence-electron chi connectivity index (χ3n) is 3.52. The summed E-state index contributed by atoms with van der Waals surface area (Å²) in [6.45, 7) is 0.791. The quantitative estimate of drug-likeness (QED) is 0.877. The number of aromatic hydroxyl groups is 1. The highest BCUT2D eigenvalue weighted by molar-refractivity contribution is 5.95. The largest absolute Gasteiger partial charge is 0.507 e. The van der Waals surface area contributed by atoms with Gasteiger partial charge in [-0.25, -0.2) is 0 Å². The maximum atomic E-state index is 11.7. The van der Waals surface area contributed by atoms with E-state index in [1.54, 1.807) is 29.3 Å². The van der Waals surface area contributed by atoms with Crippen LogP contribution in [0.15, 0.2) is 53.5 Å². The Labute approximate surface area is 123 Å². The molecule has 21 heavy (non-hydrogen) atoms. The first-order valence-corrected chi connectivity index (χ1v) is 6.96. The number of phenols is 1. The molecule has 0 spiro atoms. The van der Waals surface area contributed by atoms with E-state index in [1.807, 2.05) is 30.3 Å². The minimum atomic E-state index is 0.181. The molecule has 1 aliphatic heterocycles. The van der Waals surface area contributed by atoms with E-state index in [9.17, 15) is 9.90 Å². The molecule has 4 nitrogen and oxygen atoms in total. The molecule has 4 heteroatoms. The maximum Gasteiger partial charge on any atom is 0.227 e. The zero-order valence-electron chi connectivity index (χ0n) is 11.6. The van der Waals surface area contributed by atoms with Gasteiger partial charge in [0.1, 0.15) is 5.75 Å². The monoisotopic (exact) mass is 280 g/mol. The standard InChI is InChI=1S/C17H16N2O2/c20-16-5-2-1-4-13(16)12-18-14-7-9-15(10-8-14)19-11-3-6-17(19)21/h1-2,4-5,7-10,12,20H,3,6,11H2. The highest BCUT2D eigenvalue weighted by Gasteiger charge is 2.21. The number of hydrogen-bond donors (Lipinski definition) is 1. The molecule has 2 aromatic carbocycles. The molecule has 0 saturated carbocycles. The minimum Gasteiger partial charge on any atom is -0.507 e. The second-order valence-corrected chi connectivity index (χ2v) is 4.98. The normalized spacial score (nSPS) is 15.0. The number of carbonyl (C=O) groups excluding carboxylic acids is 1. The first kappa shape index (κ1) is 13.4. The lowest BCUT2D eigenvalue weighted by atomic mass is 10.2. The Morgan fingerprint density at radius 1 is 1.10 bits per heavy atom. The van der Waals surface area contributed by atoms with Crippen molar-refractivity contribution in [3.63, 3.8) is 0 Å². The van der Waals surface area contributed by atoms with Crippen LogP contribution in [0, 0.1) is 0 Å². The number of phenolic OH excluding ortho intramolecular Hbond substituents is 1. The molecule has 1 heterocycles. The number of anilines is 1. The second-order valence-electron chi connectivity index (χ2n) is 4.98. The summed E-state index contributed by atoms with van der Waals surface area (Å²) in [4.78, 5) is 17.8. The summed E-state index contributed by atoms with van der Waals surface area (Å²) in [6, 6.07) is 14.6. The fourth-order valence-electron chi connectivity index (χ4n) is 2.38. The molecule has 0 bridgehead atoms. The van der Waals surface area contributed by atoms with Gasteiger partial charge in [-0.1, -0.05) is 12.1 Å². The van der Waals surface area contributed by atoms with E-state index in [1.165, 1.54) is 0 Å². The minimum absolute atomic E-state index is 0.181. The van der Waals surface area contributed by atoms with Crippen molar-refractivity contribution in [2.24, 2.45) is 4.99 Å². The molecular formula is C17H16N2O2.